The van der Waals surface area contributed by atoms with Gasteiger partial charge in [0.25, 0.3) is 0 Å². The zero-order valence-electron chi connectivity index (χ0n) is 28.0. The zero-order chi connectivity index (χ0) is 33.3. The van der Waals surface area contributed by atoms with Gasteiger partial charge in [-0.05, 0) is 20.8 Å². The van der Waals surface area contributed by atoms with E-state index in [0.29, 0.717) is 132 Å². The van der Waals surface area contributed by atoms with E-state index in [4.69, 9.17) is 58.8 Å². The van der Waals surface area contributed by atoms with E-state index >= 15 is 0 Å². The Labute approximate surface area is 269 Å². The van der Waals surface area contributed by atoms with Gasteiger partial charge in [0.1, 0.15) is 5.60 Å². The lowest BCUT2D eigenvalue weighted by Crippen LogP contribution is -2.37. The van der Waals surface area contributed by atoms with Crippen LogP contribution in [0.25, 0.3) is 0 Å². The highest BCUT2D eigenvalue weighted by Gasteiger charge is 2.16. The van der Waals surface area contributed by atoms with Gasteiger partial charge in [-0.15, -0.1) is 0 Å². The van der Waals surface area contributed by atoms with Crippen LogP contribution in [0.3, 0.4) is 0 Å². The quantitative estimate of drug-likeness (QED) is 0.0698. The number of nitrogens with two attached hydrogens (primary N) is 2. The molecule has 0 radical (unpaired) electrons. The molecular formula is C30H61N3O12. The van der Waals surface area contributed by atoms with Gasteiger partial charge in [0, 0.05) is 26.2 Å². The molecule has 0 aliphatic carbocycles. The summed E-state index contributed by atoms with van der Waals surface area (Å²) in [5, 5.41) is 0. The highest BCUT2D eigenvalue weighted by Crippen LogP contribution is 2.08. The van der Waals surface area contributed by atoms with Gasteiger partial charge in [0.15, 0.2) is 0 Å². The molecule has 4 N–H and O–H groups in total. The van der Waals surface area contributed by atoms with Crippen LogP contribution in [0.1, 0.15) is 33.6 Å². The molecule has 0 atom stereocenters. The van der Waals surface area contributed by atoms with E-state index in [2.05, 4.69) is 0 Å². The summed E-state index contributed by atoms with van der Waals surface area (Å²) in [6.07, 6.45) is 0.426. The Bertz CT molecular complexity index is 647. The van der Waals surface area contributed by atoms with Crippen molar-refractivity contribution in [3.8, 4) is 0 Å². The van der Waals surface area contributed by atoms with E-state index < -0.39 is 5.60 Å². The molecule has 1 amide bonds. The third-order valence-corrected chi connectivity index (χ3v) is 5.45. The third-order valence-electron chi connectivity index (χ3n) is 5.45. The maximum absolute atomic E-state index is 12.8. The molecule has 0 spiro atoms. The van der Waals surface area contributed by atoms with Crippen molar-refractivity contribution in [2.75, 3.05) is 145 Å². The molecule has 0 bridgehead atoms. The minimum Gasteiger partial charge on any atom is -0.460 e. The second-order valence-corrected chi connectivity index (χ2v) is 10.6. The van der Waals surface area contributed by atoms with E-state index in [-0.39, 0.29) is 37.9 Å². The van der Waals surface area contributed by atoms with E-state index in [0.717, 1.165) is 0 Å². The highest BCUT2D eigenvalue weighted by atomic mass is 16.6. The van der Waals surface area contributed by atoms with Gasteiger partial charge in [0.05, 0.1) is 132 Å². The Hall–Kier alpha value is -1.50. The lowest BCUT2D eigenvalue weighted by molar-refractivity contribution is -0.156. The fraction of sp³-hybridized carbons (Fsp3) is 0.933. The average molecular weight is 656 g/mol. The van der Waals surface area contributed by atoms with Gasteiger partial charge in [-0.1, -0.05) is 0 Å². The number of amides is 1. The van der Waals surface area contributed by atoms with Crippen LogP contribution < -0.4 is 11.5 Å². The summed E-state index contributed by atoms with van der Waals surface area (Å²) in [5.74, 6) is -0.343. The summed E-state index contributed by atoms with van der Waals surface area (Å²) < 4.78 is 54.3. The second kappa shape index (κ2) is 32.4. The zero-order valence-corrected chi connectivity index (χ0v) is 28.0. The number of nitrogens with zero attached hydrogens (tertiary/aromatic N) is 1. The normalized spacial score (nSPS) is 11.7. The number of carbonyl (C=O) groups excluding carboxylic acids is 2. The largest absolute Gasteiger partial charge is 0.460 e. The monoisotopic (exact) mass is 655 g/mol. The molecule has 0 unspecified atom stereocenters. The van der Waals surface area contributed by atoms with Gasteiger partial charge in [-0.2, -0.15) is 0 Å². The lowest BCUT2D eigenvalue weighted by Gasteiger charge is -2.23. The summed E-state index contributed by atoms with van der Waals surface area (Å²) in [7, 11) is 0. The summed E-state index contributed by atoms with van der Waals surface area (Å²) >= 11 is 0. The molecule has 0 aliphatic heterocycles. The maximum atomic E-state index is 12.8. The first kappa shape index (κ1) is 43.5. The molecule has 0 heterocycles. The second-order valence-electron chi connectivity index (χ2n) is 10.6. The molecule has 0 aromatic heterocycles. The molecular weight excluding hydrogens is 594 g/mol. The van der Waals surface area contributed by atoms with Crippen molar-refractivity contribution in [1.82, 2.24) is 4.90 Å². The van der Waals surface area contributed by atoms with Crippen molar-refractivity contribution in [2.24, 2.45) is 11.5 Å². The summed E-state index contributed by atoms with van der Waals surface area (Å²) in [5.41, 5.74) is 10.2. The first-order valence-electron chi connectivity index (χ1n) is 15.9. The standard InChI is InChI=1S/C30H61N3O12/c1-30(2,3)45-29(35)5-11-37-17-23-42-22-16-36-10-4-28(34)33(8-14-40-20-26-43-24-18-38-12-6-31)9-15-41-21-27-44-25-19-39-13-7-32/h4-27,31-32H2,1-3H3. The van der Waals surface area contributed by atoms with Gasteiger partial charge < -0.3 is 63.7 Å². The first-order valence-corrected chi connectivity index (χ1v) is 15.9. The molecule has 15 nitrogen and oxygen atoms in total. The fourth-order valence-electron chi connectivity index (χ4n) is 3.37. The highest BCUT2D eigenvalue weighted by molar-refractivity contribution is 5.76. The van der Waals surface area contributed by atoms with E-state index in [1.807, 2.05) is 20.8 Å². The van der Waals surface area contributed by atoms with Crippen LogP contribution in [0.5, 0.6) is 0 Å². The molecule has 268 valence electrons. The molecule has 0 aromatic carbocycles. The summed E-state index contributed by atoms with van der Waals surface area (Å²) in [6.45, 7) is 14.7. The minimum atomic E-state index is -0.501. The topological polar surface area (TPSA) is 182 Å². The smallest absolute Gasteiger partial charge is 0.308 e. The van der Waals surface area contributed by atoms with E-state index in [1.165, 1.54) is 0 Å². The molecule has 15 heteroatoms. The predicted octanol–water partition coefficient (Wildman–Crippen LogP) is 0.00370. The third kappa shape index (κ3) is 33.7. The van der Waals surface area contributed by atoms with Crippen molar-refractivity contribution in [3.05, 3.63) is 0 Å². The summed E-state index contributed by atoms with van der Waals surface area (Å²) in [6, 6.07) is 0. The number of esters is 1. The number of ether oxygens (including phenoxy) is 10. The number of hydrogen-bond acceptors (Lipinski definition) is 14. The molecule has 0 aliphatic rings. The Morgan fingerprint density at radius 3 is 1.13 bits per heavy atom. The summed E-state index contributed by atoms with van der Waals surface area (Å²) in [4.78, 5) is 26.2. The van der Waals surface area contributed by atoms with Crippen LogP contribution in [-0.2, 0) is 57.0 Å². The average Bonchev–Trinajstić information content (AvgIpc) is 2.99. The number of carbonyl (C=O) groups is 2. The van der Waals surface area contributed by atoms with Crippen LogP contribution in [0.4, 0.5) is 0 Å². The maximum Gasteiger partial charge on any atom is 0.308 e. The number of hydrogen-bond donors (Lipinski definition) is 2. The minimum absolute atomic E-state index is 0.0527. The van der Waals surface area contributed by atoms with Crippen LogP contribution in [-0.4, -0.2) is 167 Å². The Morgan fingerprint density at radius 1 is 0.467 bits per heavy atom. The Morgan fingerprint density at radius 2 is 0.778 bits per heavy atom. The SMILES string of the molecule is CC(C)(C)OC(=O)CCOCCOCCOCCC(=O)N(CCOCCOCCOCCN)CCOCCOCCOCCN. The molecule has 0 fully saturated rings. The van der Waals surface area contributed by atoms with Crippen molar-refractivity contribution >= 4 is 11.9 Å². The van der Waals surface area contributed by atoms with Crippen molar-refractivity contribution < 1.29 is 57.0 Å². The van der Waals surface area contributed by atoms with Crippen LogP contribution in [0.15, 0.2) is 0 Å². The Balaban J connectivity index is 4.08. The Kier molecular flexibility index (Phi) is 31.4. The van der Waals surface area contributed by atoms with Crippen LogP contribution in [0.2, 0.25) is 0 Å². The first-order chi connectivity index (χ1) is 21.8. The molecule has 0 saturated carbocycles. The van der Waals surface area contributed by atoms with Crippen LogP contribution in [0, 0.1) is 0 Å². The molecule has 0 rings (SSSR count). The molecule has 0 saturated heterocycles. The molecule has 45 heavy (non-hydrogen) atoms. The van der Waals surface area contributed by atoms with Gasteiger partial charge >= 0.3 is 5.97 Å². The lowest BCUT2D eigenvalue weighted by atomic mass is 10.2. The van der Waals surface area contributed by atoms with Crippen LogP contribution >= 0.6 is 0 Å². The van der Waals surface area contributed by atoms with Gasteiger partial charge in [-0.25, -0.2) is 0 Å². The predicted molar refractivity (Wildman–Crippen MR) is 167 cm³/mol. The van der Waals surface area contributed by atoms with Gasteiger partial charge in [-0.3, -0.25) is 9.59 Å². The molecule has 0 aromatic rings. The van der Waals surface area contributed by atoms with Crippen molar-refractivity contribution in [3.63, 3.8) is 0 Å². The van der Waals surface area contributed by atoms with Crippen molar-refractivity contribution in [1.29, 1.82) is 0 Å². The van der Waals surface area contributed by atoms with Gasteiger partial charge in [0.2, 0.25) is 5.91 Å². The van der Waals surface area contributed by atoms with Crippen molar-refractivity contribution in [2.45, 2.75) is 39.2 Å². The fourth-order valence-corrected chi connectivity index (χ4v) is 3.37. The van der Waals surface area contributed by atoms with E-state index in [9.17, 15) is 9.59 Å². The van der Waals surface area contributed by atoms with E-state index in [1.54, 1.807) is 4.90 Å². The number of rotatable bonds is 34.